The number of hydrogen-bond donors (Lipinski definition) is 2. The molecule has 2 fully saturated rings. The molecular weight excluding hydrogens is 396 g/mol. The van der Waals surface area contributed by atoms with Crippen LogP contribution in [-0.4, -0.2) is 13.0 Å². The molecule has 5 atom stereocenters. The maximum absolute atomic E-state index is 13.0. The lowest BCUT2D eigenvalue weighted by molar-refractivity contribution is 0.102. The lowest BCUT2D eigenvalue weighted by atomic mass is 9.68. The minimum absolute atomic E-state index is 0.0668. The van der Waals surface area contributed by atoms with Crippen LogP contribution in [-0.2, 0) is 0 Å². The summed E-state index contributed by atoms with van der Waals surface area (Å²) in [4.78, 5) is 13.0. The van der Waals surface area contributed by atoms with Crippen LogP contribution in [0.25, 0.3) is 0 Å². The number of carbonyl (C=O) groups is 1. The Labute approximate surface area is 189 Å². The third kappa shape index (κ3) is 3.17. The molecule has 3 aromatic carbocycles. The van der Waals surface area contributed by atoms with E-state index in [1.807, 2.05) is 30.3 Å². The second kappa shape index (κ2) is 7.70. The number of nitrogens with one attached hydrogen (secondary N) is 2. The van der Waals surface area contributed by atoms with Crippen LogP contribution in [0.15, 0.2) is 72.8 Å². The standard InChI is InChI=1S/C28H28N2O2/c1-32-22-12-10-21(11-13-22)29-28(31)20-9-14-24-23(16-20)25-18-7-8-19(15-18)26(25)27(30-24)17-5-3-2-4-6-17/h2-6,9-14,16,18-19,25-27,30H,7-8,15H2,1H3,(H,29,31)/t18-,19+,25+,26+,27+/m1/s1. The Kier molecular flexibility index (Phi) is 4.67. The minimum atomic E-state index is -0.0668. The highest BCUT2D eigenvalue weighted by Crippen LogP contribution is 2.63. The van der Waals surface area contributed by atoms with E-state index < -0.39 is 0 Å². The molecule has 3 aliphatic rings. The van der Waals surface area contributed by atoms with E-state index in [1.165, 1.54) is 36.1 Å². The maximum atomic E-state index is 13.0. The number of ether oxygens (including phenoxy) is 1. The highest BCUT2D eigenvalue weighted by atomic mass is 16.5. The van der Waals surface area contributed by atoms with Crippen molar-refractivity contribution in [3.8, 4) is 5.75 Å². The van der Waals surface area contributed by atoms with E-state index >= 15 is 0 Å². The van der Waals surface area contributed by atoms with E-state index in [4.69, 9.17) is 4.74 Å². The molecule has 0 unspecified atom stereocenters. The monoisotopic (exact) mass is 424 g/mol. The first-order valence-electron chi connectivity index (χ1n) is 11.6. The Morgan fingerprint density at radius 1 is 0.969 bits per heavy atom. The van der Waals surface area contributed by atoms with Crippen LogP contribution < -0.4 is 15.4 Å². The summed E-state index contributed by atoms with van der Waals surface area (Å²) in [5, 5.41) is 6.88. The molecule has 1 aliphatic heterocycles. The Bertz CT molecular complexity index is 1140. The second-order valence-corrected chi connectivity index (χ2v) is 9.45. The zero-order valence-corrected chi connectivity index (χ0v) is 18.3. The fourth-order valence-electron chi connectivity index (χ4n) is 6.50. The molecule has 32 heavy (non-hydrogen) atoms. The average molecular weight is 425 g/mol. The summed E-state index contributed by atoms with van der Waals surface area (Å²) in [7, 11) is 1.64. The zero-order valence-electron chi connectivity index (χ0n) is 18.3. The second-order valence-electron chi connectivity index (χ2n) is 9.45. The Hall–Kier alpha value is -3.27. The summed E-state index contributed by atoms with van der Waals surface area (Å²) in [6.07, 6.45) is 3.97. The number of hydrogen-bond acceptors (Lipinski definition) is 3. The molecule has 2 aliphatic carbocycles. The van der Waals surface area contributed by atoms with Gasteiger partial charge >= 0.3 is 0 Å². The highest BCUT2D eigenvalue weighted by molar-refractivity contribution is 6.04. The predicted octanol–water partition coefficient (Wildman–Crippen LogP) is 6.24. The van der Waals surface area contributed by atoms with Crippen LogP contribution in [0.5, 0.6) is 5.75 Å². The molecule has 4 nitrogen and oxygen atoms in total. The van der Waals surface area contributed by atoms with E-state index in [9.17, 15) is 4.79 Å². The molecule has 6 rings (SSSR count). The van der Waals surface area contributed by atoms with Crippen LogP contribution in [0.4, 0.5) is 11.4 Å². The number of fused-ring (bicyclic) bond motifs is 7. The first-order valence-corrected chi connectivity index (χ1v) is 11.6. The van der Waals surface area contributed by atoms with Gasteiger partial charge in [0.1, 0.15) is 5.75 Å². The van der Waals surface area contributed by atoms with E-state index in [1.54, 1.807) is 7.11 Å². The molecule has 0 saturated heterocycles. The minimum Gasteiger partial charge on any atom is -0.497 e. The van der Waals surface area contributed by atoms with E-state index in [-0.39, 0.29) is 5.91 Å². The van der Waals surface area contributed by atoms with Gasteiger partial charge in [-0.2, -0.15) is 0 Å². The number of rotatable bonds is 4. The van der Waals surface area contributed by atoms with Gasteiger partial charge in [-0.1, -0.05) is 30.3 Å². The molecule has 1 heterocycles. The van der Waals surface area contributed by atoms with Gasteiger partial charge in [0, 0.05) is 16.9 Å². The van der Waals surface area contributed by atoms with E-state index in [2.05, 4.69) is 53.1 Å². The molecule has 4 heteroatoms. The quantitative estimate of drug-likeness (QED) is 0.521. The first kappa shape index (κ1) is 19.4. The van der Waals surface area contributed by atoms with Gasteiger partial charge in [-0.3, -0.25) is 4.79 Å². The molecular formula is C28H28N2O2. The van der Waals surface area contributed by atoms with Crippen molar-refractivity contribution in [2.75, 3.05) is 17.7 Å². The van der Waals surface area contributed by atoms with Crippen molar-refractivity contribution in [2.45, 2.75) is 31.2 Å². The summed E-state index contributed by atoms with van der Waals surface area (Å²) >= 11 is 0. The topological polar surface area (TPSA) is 50.4 Å². The molecule has 2 N–H and O–H groups in total. The molecule has 3 aromatic rings. The summed E-state index contributed by atoms with van der Waals surface area (Å²) in [6.45, 7) is 0. The van der Waals surface area contributed by atoms with E-state index in [0.29, 0.717) is 17.9 Å². The molecule has 0 spiro atoms. The molecule has 2 bridgehead atoms. The Morgan fingerprint density at radius 2 is 1.75 bits per heavy atom. The molecule has 0 aromatic heterocycles. The zero-order chi connectivity index (χ0) is 21.7. The third-order valence-electron chi connectivity index (χ3n) is 7.86. The lowest BCUT2D eigenvalue weighted by Crippen LogP contribution is -2.35. The van der Waals surface area contributed by atoms with Crippen molar-refractivity contribution in [3.63, 3.8) is 0 Å². The smallest absolute Gasteiger partial charge is 0.255 e. The van der Waals surface area contributed by atoms with Crippen molar-refractivity contribution < 1.29 is 9.53 Å². The van der Waals surface area contributed by atoms with Crippen LogP contribution in [0, 0.1) is 17.8 Å². The first-order chi connectivity index (χ1) is 15.7. The van der Waals surface area contributed by atoms with Crippen molar-refractivity contribution in [1.82, 2.24) is 0 Å². The van der Waals surface area contributed by atoms with Crippen LogP contribution in [0.1, 0.15) is 52.7 Å². The maximum Gasteiger partial charge on any atom is 0.255 e. The fraction of sp³-hybridized carbons (Fsp3) is 0.321. The molecule has 1 amide bonds. The highest BCUT2D eigenvalue weighted by Gasteiger charge is 2.53. The van der Waals surface area contributed by atoms with Gasteiger partial charge in [-0.25, -0.2) is 0 Å². The van der Waals surface area contributed by atoms with Crippen LogP contribution in [0.2, 0.25) is 0 Å². The summed E-state index contributed by atoms with van der Waals surface area (Å²) in [5.74, 6) is 3.35. The van der Waals surface area contributed by atoms with Crippen molar-refractivity contribution >= 4 is 17.3 Å². The van der Waals surface area contributed by atoms with Gasteiger partial charge in [0.15, 0.2) is 0 Å². The predicted molar refractivity (Wildman–Crippen MR) is 127 cm³/mol. The third-order valence-corrected chi connectivity index (χ3v) is 7.86. The largest absolute Gasteiger partial charge is 0.497 e. The van der Waals surface area contributed by atoms with Crippen molar-refractivity contribution in [2.24, 2.45) is 17.8 Å². The number of amides is 1. The SMILES string of the molecule is COc1ccc(NC(=O)c2ccc3c(c2)[C@@H]2[C@@H]4CC[C@@H](C4)[C@@H]2[C@H](c2ccccc2)N3)cc1. The van der Waals surface area contributed by atoms with Gasteiger partial charge in [0.25, 0.3) is 5.91 Å². The summed E-state index contributed by atoms with van der Waals surface area (Å²) < 4.78 is 5.21. The van der Waals surface area contributed by atoms with Gasteiger partial charge < -0.3 is 15.4 Å². The number of methoxy groups -OCH3 is 1. The molecule has 2 saturated carbocycles. The average Bonchev–Trinajstić information content (AvgIpc) is 3.47. The van der Waals surface area contributed by atoms with Crippen molar-refractivity contribution in [3.05, 3.63) is 89.5 Å². The number of carbonyl (C=O) groups excluding carboxylic acids is 1. The Balaban J connectivity index is 1.32. The van der Waals surface area contributed by atoms with E-state index in [0.717, 1.165) is 28.8 Å². The molecule has 0 radical (unpaired) electrons. The molecule has 162 valence electrons. The lowest BCUT2D eigenvalue weighted by Gasteiger charge is -2.43. The van der Waals surface area contributed by atoms with Crippen molar-refractivity contribution in [1.29, 1.82) is 0 Å². The number of benzene rings is 3. The normalized spacial score (nSPS) is 27.2. The van der Waals surface area contributed by atoms with Gasteiger partial charge in [-0.15, -0.1) is 0 Å². The number of anilines is 2. The summed E-state index contributed by atoms with van der Waals surface area (Å²) in [5.41, 5.74) is 5.39. The van der Waals surface area contributed by atoms with Gasteiger partial charge in [0.05, 0.1) is 13.2 Å². The van der Waals surface area contributed by atoms with Crippen LogP contribution >= 0.6 is 0 Å². The fourth-order valence-corrected chi connectivity index (χ4v) is 6.50. The Morgan fingerprint density at radius 3 is 2.53 bits per heavy atom. The van der Waals surface area contributed by atoms with Crippen LogP contribution in [0.3, 0.4) is 0 Å². The van der Waals surface area contributed by atoms with Gasteiger partial charge in [-0.05, 0) is 96.5 Å². The summed E-state index contributed by atoms with van der Waals surface area (Å²) in [6, 6.07) is 24.9. The van der Waals surface area contributed by atoms with Gasteiger partial charge in [0.2, 0.25) is 0 Å².